The largest absolute Gasteiger partial charge is 0.481 e. The fraction of sp³-hybridized carbons (Fsp3) is 0.417. The fourth-order valence-electron chi connectivity index (χ4n) is 1.54. The quantitative estimate of drug-likeness (QED) is 0.856. The minimum atomic E-state index is -3.09. The van der Waals surface area contributed by atoms with Crippen LogP contribution in [0, 0.1) is 5.82 Å². The molecule has 1 aromatic rings. The Morgan fingerprint density at radius 2 is 2.11 bits per heavy atom. The molecule has 0 aromatic heterocycles. The molecule has 0 radical (unpaired) electrons. The topological polar surface area (TPSA) is 63.3 Å². The first-order valence-electron chi connectivity index (χ1n) is 5.37. The van der Waals surface area contributed by atoms with Crippen LogP contribution in [0.1, 0.15) is 36.9 Å². The van der Waals surface area contributed by atoms with Crippen molar-refractivity contribution in [3.8, 4) is 0 Å². The lowest BCUT2D eigenvalue weighted by Gasteiger charge is -2.16. The van der Waals surface area contributed by atoms with Gasteiger partial charge in [-0.3, -0.25) is 4.79 Å². The molecular formula is C12H14F3NO2. The molecule has 1 aromatic carbocycles. The summed E-state index contributed by atoms with van der Waals surface area (Å²) >= 11 is 0. The number of halogens is 3. The van der Waals surface area contributed by atoms with Crippen molar-refractivity contribution in [2.24, 2.45) is 5.73 Å². The van der Waals surface area contributed by atoms with Gasteiger partial charge in [0.25, 0.3) is 5.92 Å². The second kappa shape index (κ2) is 5.39. The minimum absolute atomic E-state index is 0.00894. The Morgan fingerprint density at radius 1 is 1.50 bits per heavy atom. The predicted molar refractivity (Wildman–Crippen MR) is 59.8 cm³/mol. The number of carbonyl (C=O) groups is 1. The van der Waals surface area contributed by atoms with E-state index in [1.807, 2.05) is 0 Å². The van der Waals surface area contributed by atoms with Crippen LogP contribution in [0.2, 0.25) is 0 Å². The number of benzene rings is 1. The number of hydrogen-bond donors (Lipinski definition) is 2. The molecule has 0 saturated carbocycles. The van der Waals surface area contributed by atoms with Crippen molar-refractivity contribution in [1.29, 1.82) is 0 Å². The van der Waals surface area contributed by atoms with E-state index < -0.39 is 23.8 Å². The minimum Gasteiger partial charge on any atom is -0.481 e. The van der Waals surface area contributed by atoms with Crippen LogP contribution in [-0.2, 0) is 10.7 Å². The number of carboxylic acid groups (broad SMARTS) is 1. The third-order valence-corrected chi connectivity index (χ3v) is 2.57. The Kier molecular flexibility index (Phi) is 4.34. The average Bonchev–Trinajstić information content (AvgIpc) is 2.24. The Morgan fingerprint density at radius 3 is 2.61 bits per heavy atom. The molecule has 18 heavy (non-hydrogen) atoms. The van der Waals surface area contributed by atoms with Crippen molar-refractivity contribution in [2.75, 3.05) is 0 Å². The second-order valence-corrected chi connectivity index (χ2v) is 4.16. The van der Waals surface area contributed by atoms with Crippen LogP contribution >= 0.6 is 0 Å². The van der Waals surface area contributed by atoms with Gasteiger partial charge < -0.3 is 10.8 Å². The van der Waals surface area contributed by atoms with Gasteiger partial charge in [-0.2, -0.15) is 0 Å². The molecule has 0 fully saturated rings. The second-order valence-electron chi connectivity index (χ2n) is 4.16. The Labute approximate surface area is 102 Å². The number of aliphatic carboxylic acids is 1. The summed E-state index contributed by atoms with van der Waals surface area (Å²) in [5.74, 6) is -4.86. The standard InChI is InChI=1S/C12H14F3NO2/c1-12(14,15)7-2-3-9(13)8(6-7)10(16)4-5-11(17)18/h2-3,6,10H,4-5,16H2,1H3,(H,17,18). The van der Waals surface area contributed by atoms with Crippen LogP contribution in [0.3, 0.4) is 0 Å². The van der Waals surface area contributed by atoms with Crippen molar-refractivity contribution < 1.29 is 23.1 Å². The van der Waals surface area contributed by atoms with Gasteiger partial charge in [-0.1, -0.05) is 6.07 Å². The zero-order chi connectivity index (χ0) is 13.9. The number of rotatable bonds is 5. The molecule has 0 amide bonds. The van der Waals surface area contributed by atoms with E-state index in [1.165, 1.54) is 0 Å². The summed E-state index contributed by atoms with van der Waals surface area (Å²) in [4.78, 5) is 10.4. The van der Waals surface area contributed by atoms with Gasteiger partial charge in [-0.25, -0.2) is 13.2 Å². The average molecular weight is 261 g/mol. The van der Waals surface area contributed by atoms with Crippen LogP contribution in [-0.4, -0.2) is 11.1 Å². The van der Waals surface area contributed by atoms with E-state index in [9.17, 15) is 18.0 Å². The summed E-state index contributed by atoms with van der Waals surface area (Å²) in [5, 5.41) is 8.49. The van der Waals surface area contributed by atoms with E-state index in [0.29, 0.717) is 6.92 Å². The van der Waals surface area contributed by atoms with E-state index in [0.717, 1.165) is 18.2 Å². The Bertz CT molecular complexity index is 443. The van der Waals surface area contributed by atoms with Crippen molar-refractivity contribution in [3.05, 3.63) is 35.1 Å². The van der Waals surface area contributed by atoms with E-state index >= 15 is 0 Å². The van der Waals surface area contributed by atoms with Gasteiger partial charge in [-0.05, 0) is 18.6 Å². The van der Waals surface area contributed by atoms with Crippen molar-refractivity contribution in [3.63, 3.8) is 0 Å². The van der Waals surface area contributed by atoms with E-state index in [2.05, 4.69) is 0 Å². The SMILES string of the molecule is CC(F)(F)c1ccc(F)c(C(N)CCC(=O)O)c1. The van der Waals surface area contributed by atoms with E-state index in [1.54, 1.807) is 0 Å². The van der Waals surface area contributed by atoms with Gasteiger partial charge in [0, 0.05) is 30.5 Å². The number of hydrogen-bond acceptors (Lipinski definition) is 2. The fourth-order valence-corrected chi connectivity index (χ4v) is 1.54. The molecule has 6 heteroatoms. The first-order valence-corrected chi connectivity index (χ1v) is 5.37. The maximum absolute atomic E-state index is 13.5. The molecule has 0 bridgehead atoms. The highest BCUT2D eigenvalue weighted by Crippen LogP contribution is 2.30. The van der Waals surface area contributed by atoms with Crippen molar-refractivity contribution in [2.45, 2.75) is 31.7 Å². The first kappa shape index (κ1) is 14.5. The normalized spacial score (nSPS) is 13.4. The third kappa shape index (κ3) is 3.73. The van der Waals surface area contributed by atoms with Crippen molar-refractivity contribution >= 4 is 5.97 Å². The molecular weight excluding hydrogens is 247 g/mol. The molecule has 0 aliphatic carbocycles. The van der Waals surface area contributed by atoms with Gasteiger partial charge in [-0.15, -0.1) is 0 Å². The lowest BCUT2D eigenvalue weighted by Crippen LogP contribution is -2.16. The number of alkyl halides is 2. The molecule has 100 valence electrons. The first-order chi connectivity index (χ1) is 8.21. The van der Waals surface area contributed by atoms with E-state index in [-0.39, 0.29) is 24.0 Å². The summed E-state index contributed by atoms with van der Waals surface area (Å²) in [6.07, 6.45) is -0.252. The van der Waals surface area contributed by atoms with Gasteiger partial charge in [0.1, 0.15) is 5.82 Å². The van der Waals surface area contributed by atoms with Crippen LogP contribution in [0.4, 0.5) is 13.2 Å². The molecule has 0 aliphatic rings. The highest BCUT2D eigenvalue weighted by molar-refractivity contribution is 5.66. The number of carboxylic acids is 1. The highest BCUT2D eigenvalue weighted by atomic mass is 19.3. The van der Waals surface area contributed by atoms with Crippen LogP contribution < -0.4 is 5.73 Å². The van der Waals surface area contributed by atoms with E-state index in [4.69, 9.17) is 10.8 Å². The van der Waals surface area contributed by atoms with Crippen molar-refractivity contribution in [1.82, 2.24) is 0 Å². The maximum Gasteiger partial charge on any atom is 0.303 e. The molecule has 0 saturated heterocycles. The summed E-state index contributed by atoms with van der Waals surface area (Å²) in [7, 11) is 0. The predicted octanol–water partition coefficient (Wildman–Crippen LogP) is 2.80. The van der Waals surface area contributed by atoms with Gasteiger partial charge in [0.2, 0.25) is 0 Å². The third-order valence-electron chi connectivity index (χ3n) is 2.57. The van der Waals surface area contributed by atoms with Crippen LogP contribution in [0.15, 0.2) is 18.2 Å². The summed E-state index contributed by atoms with van der Waals surface area (Å²) in [5.41, 5.74) is 5.18. The molecule has 0 spiro atoms. The molecule has 1 unspecified atom stereocenters. The smallest absolute Gasteiger partial charge is 0.303 e. The van der Waals surface area contributed by atoms with Gasteiger partial charge >= 0.3 is 5.97 Å². The molecule has 0 heterocycles. The highest BCUT2D eigenvalue weighted by Gasteiger charge is 2.26. The maximum atomic E-state index is 13.5. The number of nitrogens with two attached hydrogens (primary N) is 1. The van der Waals surface area contributed by atoms with Gasteiger partial charge in [0.15, 0.2) is 0 Å². The molecule has 3 N–H and O–H groups in total. The lowest BCUT2D eigenvalue weighted by atomic mass is 9.98. The molecule has 1 rings (SSSR count). The lowest BCUT2D eigenvalue weighted by molar-refractivity contribution is -0.137. The summed E-state index contributed by atoms with van der Waals surface area (Å²) in [6, 6.07) is 1.98. The zero-order valence-electron chi connectivity index (χ0n) is 9.79. The van der Waals surface area contributed by atoms with Crippen LogP contribution in [0.5, 0.6) is 0 Å². The molecule has 3 nitrogen and oxygen atoms in total. The summed E-state index contributed by atoms with van der Waals surface area (Å²) < 4.78 is 39.6. The zero-order valence-corrected chi connectivity index (χ0v) is 9.79. The summed E-state index contributed by atoms with van der Waals surface area (Å²) in [6.45, 7) is 0.701. The monoisotopic (exact) mass is 261 g/mol. The van der Waals surface area contributed by atoms with Crippen LogP contribution in [0.25, 0.3) is 0 Å². The van der Waals surface area contributed by atoms with Gasteiger partial charge in [0.05, 0.1) is 0 Å². The Hall–Kier alpha value is -1.56. The Balaban J connectivity index is 2.97. The molecule has 0 aliphatic heterocycles. The molecule has 1 atom stereocenters.